The molecular weight excluding hydrogens is 285 g/mol. The van der Waals surface area contributed by atoms with E-state index in [4.69, 9.17) is 10.5 Å². The maximum atomic E-state index is 13.0. The molecule has 3 N–H and O–H groups in total. The number of carbonyl (C=O) groups excluding carboxylic acids is 1. The largest absolute Gasteiger partial charge is 0.497 e. The molecular formula is C14H19F3N2O2. The molecule has 0 unspecified atom stereocenters. The van der Waals surface area contributed by atoms with E-state index in [0.717, 1.165) is 12.1 Å². The number of hydrogen-bond donors (Lipinski definition) is 2. The van der Waals surface area contributed by atoms with Gasteiger partial charge in [-0.3, -0.25) is 4.79 Å². The number of carbonyl (C=O) groups is 1. The third-order valence-corrected chi connectivity index (χ3v) is 2.85. The lowest BCUT2D eigenvalue weighted by molar-refractivity contribution is -0.137. The zero-order valence-corrected chi connectivity index (χ0v) is 12.1. The molecule has 1 aromatic carbocycles. The van der Waals surface area contributed by atoms with Crippen molar-refractivity contribution in [1.29, 1.82) is 0 Å². The molecule has 0 aliphatic carbocycles. The summed E-state index contributed by atoms with van der Waals surface area (Å²) in [4.78, 5) is 11.8. The van der Waals surface area contributed by atoms with Crippen LogP contribution in [0.1, 0.15) is 25.8 Å². The summed E-state index contributed by atoms with van der Waals surface area (Å²) in [5.41, 5.74) is 4.37. The van der Waals surface area contributed by atoms with Gasteiger partial charge in [-0.15, -0.1) is 0 Å². The second-order valence-corrected chi connectivity index (χ2v) is 5.13. The Bertz CT molecular complexity index is 501. The number of anilines is 1. The maximum absolute atomic E-state index is 13.0. The van der Waals surface area contributed by atoms with E-state index in [-0.39, 0.29) is 17.4 Å². The predicted molar refractivity (Wildman–Crippen MR) is 74.1 cm³/mol. The summed E-state index contributed by atoms with van der Waals surface area (Å²) < 4.78 is 43.7. The molecule has 1 amide bonds. The summed E-state index contributed by atoms with van der Waals surface area (Å²) in [5, 5.41) is 2.23. The van der Waals surface area contributed by atoms with Crippen LogP contribution in [0.3, 0.4) is 0 Å². The molecule has 0 aliphatic rings. The van der Waals surface area contributed by atoms with Crippen LogP contribution >= 0.6 is 0 Å². The van der Waals surface area contributed by atoms with Crippen molar-refractivity contribution < 1.29 is 22.7 Å². The van der Waals surface area contributed by atoms with E-state index < -0.39 is 23.7 Å². The van der Waals surface area contributed by atoms with Crippen LogP contribution in [0.4, 0.5) is 18.9 Å². The summed E-state index contributed by atoms with van der Waals surface area (Å²) in [6.07, 6.45) is -4.21. The topological polar surface area (TPSA) is 64.3 Å². The average Bonchev–Trinajstić information content (AvgIpc) is 2.37. The summed E-state index contributed by atoms with van der Waals surface area (Å²) in [5.74, 6) is -0.408. The van der Waals surface area contributed by atoms with Crippen LogP contribution in [0.15, 0.2) is 18.2 Å². The first-order chi connectivity index (χ1) is 9.65. The molecule has 7 heteroatoms. The van der Waals surface area contributed by atoms with Crippen molar-refractivity contribution in [3.63, 3.8) is 0 Å². The van der Waals surface area contributed by atoms with Gasteiger partial charge in [0, 0.05) is 0 Å². The van der Waals surface area contributed by atoms with Gasteiger partial charge in [-0.2, -0.15) is 13.2 Å². The molecule has 21 heavy (non-hydrogen) atoms. The lowest BCUT2D eigenvalue weighted by atomic mass is 10.0. The standard InChI is InChI=1S/C14H19F3N2O2/c1-8(2)6-11(18)13(20)19-12-5-4-9(21-3)7-10(12)14(15,16)17/h4-5,7-8,11H,6,18H2,1-3H3,(H,19,20)/t11-/m1/s1. The van der Waals surface area contributed by atoms with Gasteiger partial charge in [0.25, 0.3) is 0 Å². The minimum Gasteiger partial charge on any atom is -0.497 e. The van der Waals surface area contributed by atoms with E-state index in [0.29, 0.717) is 6.42 Å². The number of nitrogens with one attached hydrogen (secondary N) is 1. The number of hydrogen-bond acceptors (Lipinski definition) is 3. The molecule has 0 saturated carbocycles. The summed E-state index contributed by atoms with van der Waals surface area (Å²) in [6.45, 7) is 3.75. The van der Waals surface area contributed by atoms with Gasteiger partial charge in [0.2, 0.25) is 5.91 Å². The molecule has 118 valence electrons. The third-order valence-electron chi connectivity index (χ3n) is 2.85. The first-order valence-electron chi connectivity index (χ1n) is 6.46. The Morgan fingerprint density at radius 3 is 2.48 bits per heavy atom. The van der Waals surface area contributed by atoms with Crippen LogP contribution < -0.4 is 15.8 Å². The molecule has 0 saturated heterocycles. The number of rotatable bonds is 5. The van der Waals surface area contributed by atoms with Crippen molar-refractivity contribution in [1.82, 2.24) is 0 Å². The van der Waals surface area contributed by atoms with Gasteiger partial charge in [0.15, 0.2) is 0 Å². The zero-order chi connectivity index (χ0) is 16.2. The Kier molecular flexibility index (Phi) is 5.60. The molecule has 1 rings (SSSR count). The van der Waals surface area contributed by atoms with Crippen molar-refractivity contribution >= 4 is 11.6 Å². The highest BCUT2D eigenvalue weighted by Crippen LogP contribution is 2.37. The van der Waals surface area contributed by atoms with E-state index in [9.17, 15) is 18.0 Å². The van der Waals surface area contributed by atoms with Gasteiger partial charge < -0.3 is 15.8 Å². The number of nitrogens with two attached hydrogens (primary N) is 1. The fraction of sp³-hybridized carbons (Fsp3) is 0.500. The third kappa shape index (κ3) is 4.93. The second-order valence-electron chi connectivity index (χ2n) is 5.13. The zero-order valence-electron chi connectivity index (χ0n) is 12.1. The smallest absolute Gasteiger partial charge is 0.418 e. The van der Waals surface area contributed by atoms with Crippen molar-refractivity contribution in [3.05, 3.63) is 23.8 Å². The van der Waals surface area contributed by atoms with E-state index >= 15 is 0 Å². The number of alkyl halides is 3. The van der Waals surface area contributed by atoms with Crippen molar-refractivity contribution in [2.45, 2.75) is 32.5 Å². The number of benzene rings is 1. The van der Waals surface area contributed by atoms with Gasteiger partial charge in [0.1, 0.15) is 5.75 Å². The number of halogens is 3. The number of ether oxygens (including phenoxy) is 1. The van der Waals surface area contributed by atoms with Gasteiger partial charge >= 0.3 is 6.18 Å². The molecule has 0 aromatic heterocycles. The number of methoxy groups -OCH3 is 1. The molecule has 0 fully saturated rings. The first kappa shape index (κ1) is 17.3. The van der Waals surface area contributed by atoms with Crippen molar-refractivity contribution in [3.8, 4) is 5.75 Å². The van der Waals surface area contributed by atoms with Gasteiger partial charge in [-0.1, -0.05) is 13.8 Å². The summed E-state index contributed by atoms with van der Waals surface area (Å²) in [6, 6.07) is 2.48. The minimum atomic E-state index is -4.60. The summed E-state index contributed by atoms with van der Waals surface area (Å²) in [7, 11) is 1.27. The molecule has 0 heterocycles. The molecule has 0 radical (unpaired) electrons. The Morgan fingerprint density at radius 2 is 2.00 bits per heavy atom. The van der Waals surface area contributed by atoms with Crippen LogP contribution in [0.25, 0.3) is 0 Å². The molecule has 4 nitrogen and oxygen atoms in total. The Hall–Kier alpha value is -1.76. The predicted octanol–water partition coefficient (Wildman–Crippen LogP) is 3.03. The highest BCUT2D eigenvalue weighted by molar-refractivity contribution is 5.95. The lowest BCUT2D eigenvalue weighted by Crippen LogP contribution is -2.37. The second kappa shape index (κ2) is 6.80. The van der Waals surface area contributed by atoms with Crippen molar-refractivity contribution in [2.75, 3.05) is 12.4 Å². The maximum Gasteiger partial charge on any atom is 0.418 e. The minimum absolute atomic E-state index is 0.0619. The SMILES string of the molecule is COc1ccc(NC(=O)[C@H](N)CC(C)C)c(C(F)(F)F)c1. The lowest BCUT2D eigenvalue weighted by Gasteiger charge is -2.18. The monoisotopic (exact) mass is 304 g/mol. The quantitative estimate of drug-likeness (QED) is 0.879. The van der Waals surface area contributed by atoms with E-state index in [1.807, 2.05) is 13.8 Å². The Morgan fingerprint density at radius 1 is 1.38 bits per heavy atom. The van der Waals surface area contributed by atoms with Crippen LogP contribution in [0, 0.1) is 5.92 Å². The Labute approximate surface area is 121 Å². The first-order valence-corrected chi connectivity index (χ1v) is 6.46. The van der Waals surface area contributed by atoms with E-state index in [2.05, 4.69) is 5.32 Å². The van der Waals surface area contributed by atoms with Gasteiger partial charge in [-0.25, -0.2) is 0 Å². The molecule has 1 atom stereocenters. The Balaban J connectivity index is 3.00. The molecule has 1 aromatic rings. The normalized spacial score (nSPS) is 13.1. The van der Waals surface area contributed by atoms with E-state index in [1.165, 1.54) is 13.2 Å². The fourth-order valence-corrected chi connectivity index (χ4v) is 1.83. The molecule has 0 bridgehead atoms. The van der Waals surface area contributed by atoms with Crippen LogP contribution in [-0.4, -0.2) is 19.1 Å². The van der Waals surface area contributed by atoms with Gasteiger partial charge in [-0.05, 0) is 30.5 Å². The van der Waals surface area contributed by atoms with Crippen LogP contribution in [0.2, 0.25) is 0 Å². The van der Waals surface area contributed by atoms with Crippen molar-refractivity contribution in [2.24, 2.45) is 11.7 Å². The fourth-order valence-electron chi connectivity index (χ4n) is 1.83. The van der Waals surface area contributed by atoms with Crippen LogP contribution in [-0.2, 0) is 11.0 Å². The van der Waals surface area contributed by atoms with Gasteiger partial charge in [0.05, 0.1) is 24.4 Å². The molecule has 0 aliphatic heterocycles. The summed E-state index contributed by atoms with van der Waals surface area (Å²) >= 11 is 0. The highest BCUT2D eigenvalue weighted by Gasteiger charge is 2.34. The number of amides is 1. The van der Waals surface area contributed by atoms with E-state index in [1.54, 1.807) is 0 Å². The molecule has 0 spiro atoms. The van der Waals surface area contributed by atoms with Crippen LogP contribution in [0.5, 0.6) is 5.75 Å². The highest BCUT2D eigenvalue weighted by atomic mass is 19.4. The average molecular weight is 304 g/mol.